The van der Waals surface area contributed by atoms with Crippen LogP contribution < -0.4 is 14.8 Å². The van der Waals surface area contributed by atoms with Crippen molar-refractivity contribution >= 4 is 11.9 Å². The number of guanidine groups is 1. The maximum Gasteiger partial charge on any atom is 0.309 e. The van der Waals surface area contributed by atoms with Crippen LogP contribution in [0.1, 0.15) is 33.6 Å². The van der Waals surface area contributed by atoms with E-state index in [9.17, 15) is 4.79 Å². The van der Waals surface area contributed by atoms with Crippen LogP contribution in [0.25, 0.3) is 0 Å². The van der Waals surface area contributed by atoms with E-state index in [-0.39, 0.29) is 18.0 Å². The molecule has 0 saturated carbocycles. The second-order valence-electron chi connectivity index (χ2n) is 6.79. The molecule has 1 heterocycles. The molecule has 28 heavy (non-hydrogen) atoms. The van der Waals surface area contributed by atoms with Gasteiger partial charge in [0.05, 0.1) is 26.2 Å². The second-order valence-corrected chi connectivity index (χ2v) is 6.79. The van der Waals surface area contributed by atoms with E-state index in [2.05, 4.69) is 17.1 Å². The number of carbonyl (C=O) groups is 1. The number of ether oxygens (including phenoxy) is 3. The highest BCUT2D eigenvalue weighted by atomic mass is 16.5. The van der Waals surface area contributed by atoms with Crippen LogP contribution >= 0.6 is 0 Å². The highest BCUT2D eigenvalue weighted by Gasteiger charge is 2.27. The fourth-order valence-electron chi connectivity index (χ4n) is 3.20. The van der Waals surface area contributed by atoms with Gasteiger partial charge in [0.25, 0.3) is 0 Å². The molecule has 0 bridgehead atoms. The van der Waals surface area contributed by atoms with Crippen molar-refractivity contribution in [2.24, 2.45) is 10.9 Å². The summed E-state index contributed by atoms with van der Waals surface area (Å²) in [7, 11) is 1.63. The van der Waals surface area contributed by atoms with E-state index in [0.717, 1.165) is 38.4 Å². The van der Waals surface area contributed by atoms with E-state index < -0.39 is 0 Å². The van der Waals surface area contributed by atoms with Gasteiger partial charge >= 0.3 is 5.97 Å². The number of nitrogens with zero attached hydrogens (tertiary/aromatic N) is 2. The molecule has 1 saturated heterocycles. The van der Waals surface area contributed by atoms with E-state index in [1.165, 1.54) is 0 Å². The van der Waals surface area contributed by atoms with Gasteiger partial charge in [-0.1, -0.05) is 12.1 Å². The minimum absolute atomic E-state index is 0.00752. The third-order valence-electron chi connectivity index (χ3n) is 4.64. The number of para-hydroxylation sites is 2. The molecule has 1 unspecified atom stereocenters. The summed E-state index contributed by atoms with van der Waals surface area (Å²) in [6.07, 6.45) is 1.48. The molecule has 0 spiro atoms. The number of benzene rings is 1. The van der Waals surface area contributed by atoms with Crippen molar-refractivity contribution in [1.29, 1.82) is 0 Å². The van der Waals surface area contributed by atoms with Crippen LogP contribution in [0.5, 0.6) is 11.5 Å². The summed E-state index contributed by atoms with van der Waals surface area (Å²) < 4.78 is 16.5. The summed E-state index contributed by atoms with van der Waals surface area (Å²) in [6, 6.07) is 7.61. The molecule has 0 aromatic heterocycles. The van der Waals surface area contributed by atoms with Gasteiger partial charge in [-0.25, -0.2) is 4.99 Å². The lowest BCUT2D eigenvalue weighted by Crippen LogP contribution is -2.47. The third kappa shape index (κ3) is 6.32. The lowest BCUT2D eigenvalue weighted by molar-refractivity contribution is -0.149. The number of rotatable bonds is 8. The number of likely N-dealkylation sites (tertiary alicyclic amines) is 1. The molecule has 1 aliphatic rings. The predicted octanol–water partition coefficient (Wildman–Crippen LogP) is 2.70. The fourth-order valence-corrected chi connectivity index (χ4v) is 3.20. The van der Waals surface area contributed by atoms with Crippen LogP contribution in [0.3, 0.4) is 0 Å². The van der Waals surface area contributed by atoms with Crippen molar-refractivity contribution in [3.63, 3.8) is 0 Å². The number of piperidine rings is 1. The Morgan fingerprint density at radius 1 is 1.25 bits per heavy atom. The first-order valence-corrected chi connectivity index (χ1v) is 10.1. The molecule has 1 atom stereocenters. The largest absolute Gasteiger partial charge is 0.493 e. The van der Waals surface area contributed by atoms with Crippen molar-refractivity contribution in [3.05, 3.63) is 24.3 Å². The Hall–Kier alpha value is -2.44. The van der Waals surface area contributed by atoms with Crippen molar-refractivity contribution in [2.45, 2.75) is 39.7 Å². The summed E-state index contributed by atoms with van der Waals surface area (Å²) in [5, 5.41) is 3.34. The van der Waals surface area contributed by atoms with Gasteiger partial charge in [-0.2, -0.15) is 0 Å². The quantitative estimate of drug-likeness (QED) is 0.417. The molecule has 1 N–H and O–H groups in total. The molecule has 156 valence electrons. The van der Waals surface area contributed by atoms with Crippen molar-refractivity contribution in [2.75, 3.05) is 39.9 Å². The van der Waals surface area contributed by atoms with Crippen LogP contribution in [-0.4, -0.2) is 62.8 Å². The Bertz CT molecular complexity index is 642. The number of carbonyl (C=O) groups excluding carboxylic acids is 1. The zero-order chi connectivity index (χ0) is 20.4. The van der Waals surface area contributed by atoms with Crippen molar-refractivity contribution < 1.29 is 19.0 Å². The molecule has 7 nitrogen and oxygen atoms in total. The third-order valence-corrected chi connectivity index (χ3v) is 4.64. The van der Waals surface area contributed by atoms with Crippen LogP contribution in [0.2, 0.25) is 0 Å². The Balaban J connectivity index is 1.92. The van der Waals surface area contributed by atoms with Crippen molar-refractivity contribution in [3.8, 4) is 11.5 Å². The molecule has 1 aromatic rings. The van der Waals surface area contributed by atoms with Gasteiger partial charge in [-0.05, 0) is 45.7 Å². The van der Waals surface area contributed by atoms with E-state index >= 15 is 0 Å². The SMILES string of the molecule is CCNC(=NCC(C)Oc1ccccc1OC)N1CCC(C(=O)OCC)CC1. The highest BCUT2D eigenvalue weighted by molar-refractivity contribution is 5.80. The van der Waals surface area contributed by atoms with Gasteiger partial charge in [0.15, 0.2) is 17.5 Å². The summed E-state index contributed by atoms with van der Waals surface area (Å²) in [4.78, 5) is 18.9. The molecule has 1 fully saturated rings. The van der Waals surface area contributed by atoms with Crippen LogP contribution in [-0.2, 0) is 9.53 Å². The minimum Gasteiger partial charge on any atom is -0.493 e. The molecule has 1 aliphatic heterocycles. The molecule has 0 aliphatic carbocycles. The summed E-state index contributed by atoms with van der Waals surface area (Å²) >= 11 is 0. The average molecular weight is 392 g/mol. The van der Waals surface area contributed by atoms with Gasteiger partial charge in [0.2, 0.25) is 0 Å². The van der Waals surface area contributed by atoms with Crippen LogP contribution in [0.15, 0.2) is 29.3 Å². The number of hydrogen-bond acceptors (Lipinski definition) is 5. The normalized spacial score (nSPS) is 16.4. The summed E-state index contributed by atoms with van der Waals surface area (Å²) in [6.45, 7) is 9.22. The lowest BCUT2D eigenvalue weighted by atomic mass is 9.97. The van der Waals surface area contributed by atoms with Gasteiger partial charge in [0.1, 0.15) is 6.10 Å². The monoisotopic (exact) mass is 391 g/mol. The average Bonchev–Trinajstić information content (AvgIpc) is 2.72. The number of nitrogens with one attached hydrogen (secondary N) is 1. The zero-order valence-electron chi connectivity index (χ0n) is 17.4. The zero-order valence-corrected chi connectivity index (χ0v) is 17.4. The Morgan fingerprint density at radius 2 is 1.93 bits per heavy atom. The standard InChI is InChI=1S/C21H33N3O4/c1-5-22-21(24-13-11-17(12-14-24)20(25)27-6-2)23-15-16(3)28-19-10-8-7-9-18(19)26-4/h7-10,16-17H,5-6,11-15H2,1-4H3,(H,22,23). The topological polar surface area (TPSA) is 72.4 Å². The van der Waals surface area contributed by atoms with E-state index in [4.69, 9.17) is 19.2 Å². The smallest absolute Gasteiger partial charge is 0.309 e. The Labute approximate surface area is 168 Å². The van der Waals surface area contributed by atoms with E-state index in [0.29, 0.717) is 24.7 Å². The van der Waals surface area contributed by atoms with Gasteiger partial charge < -0.3 is 24.4 Å². The van der Waals surface area contributed by atoms with Gasteiger partial charge in [0, 0.05) is 19.6 Å². The Kier molecular flexibility index (Phi) is 8.91. The molecule has 0 amide bonds. The molecular weight excluding hydrogens is 358 g/mol. The fraction of sp³-hybridized carbons (Fsp3) is 0.619. The van der Waals surface area contributed by atoms with Gasteiger partial charge in [-0.3, -0.25) is 4.79 Å². The first kappa shape index (κ1) is 21.9. The number of esters is 1. The number of aliphatic imine (C=N–C) groups is 1. The number of methoxy groups -OCH3 is 1. The predicted molar refractivity (Wildman–Crippen MR) is 110 cm³/mol. The van der Waals surface area contributed by atoms with Crippen molar-refractivity contribution in [1.82, 2.24) is 10.2 Å². The molecule has 2 rings (SSSR count). The second kappa shape index (κ2) is 11.4. The van der Waals surface area contributed by atoms with Crippen LogP contribution in [0, 0.1) is 5.92 Å². The maximum absolute atomic E-state index is 11.9. The highest BCUT2D eigenvalue weighted by Crippen LogP contribution is 2.26. The summed E-state index contributed by atoms with van der Waals surface area (Å²) in [5.41, 5.74) is 0. The van der Waals surface area contributed by atoms with Crippen LogP contribution in [0.4, 0.5) is 0 Å². The first-order chi connectivity index (χ1) is 13.6. The maximum atomic E-state index is 11.9. The lowest BCUT2D eigenvalue weighted by Gasteiger charge is -2.33. The molecule has 1 aromatic carbocycles. The van der Waals surface area contributed by atoms with Gasteiger partial charge in [-0.15, -0.1) is 0 Å². The number of hydrogen-bond donors (Lipinski definition) is 1. The Morgan fingerprint density at radius 3 is 2.54 bits per heavy atom. The molecular formula is C21H33N3O4. The molecule has 0 radical (unpaired) electrons. The molecule has 7 heteroatoms. The van der Waals surface area contributed by atoms with E-state index in [1.54, 1.807) is 7.11 Å². The summed E-state index contributed by atoms with van der Waals surface area (Å²) in [5.74, 6) is 2.20. The van der Waals surface area contributed by atoms with E-state index in [1.807, 2.05) is 38.1 Å². The first-order valence-electron chi connectivity index (χ1n) is 10.1. The minimum atomic E-state index is -0.0953.